The highest BCUT2D eigenvalue weighted by molar-refractivity contribution is 5.23. The lowest BCUT2D eigenvalue weighted by Crippen LogP contribution is -2.14. The minimum absolute atomic E-state index is 0.148. The maximum Gasteiger partial charge on any atom is 0.106 e. The minimum Gasteiger partial charge on any atom is -0.330 e. The number of aryl methyl sites for hydroxylation is 1. The van der Waals surface area contributed by atoms with Crippen molar-refractivity contribution in [3.05, 3.63) is 17.2 Å². The quantitative estimate of drug-likeness (QED) is 0.670. The second kappa shape index (κ2) is 3.41. The van der Waals surface area contributed by atoms with E-state index in [-0.39, 0.29) is 5.41 Å². The highest BCUT2D eigenvalue weighted by Crippen LogP contribution is 2.27. The molecule has 0 radical (unpaired) electrons. The summed E-state index contributed by atoms with van der Waals surface area (Å²) in [4.78, 5) is 4.67. The van der Waals surface area contributed by atoms with Crippen molar-refractivity contribution in [2.75, 3.05) is 0 Å². The zero-order valence-corrected chi connectivity index (χ0v) is 10.5. The van der Waals surface area contributed by atoms with Crippen molar-refractivity contribution in [2.45, 2.75) is 59.9 Å². The Balaban J connectivity index is 3.31. The summed E-state index contributed by atoms with van der Waals surface area (Å²) in [5, 5.41) is 0. The summed E-state index contributed by atoms with van der Waals surface area (Å²) < 4.78 is 2.31. The van der Waals surface area contributed by atoms with Gasteiger partial charge in [0.2, 0.25) is 0 Å². The molecule has 0 N–H and O–H groups in total. The highest BCUT2D eigenvalue weighted by atomic mass is 15.1. The van der Waals surface area contributed by atoms with Crippen LogP contribution in [0.3, 0.4) is 0 Å². The van der Waals surface area contributed by atoms with Crippen LogP contribution in [0.4, 0.5) is 0 Å². The van der Waals surface area contributed by atoms with Crippen LogP contribution in [0.15, 0.2) is 0 Å². The van der Waals surface area contributed by atoms with Crippen molar-refractivity contribution in [1.82, 2.24) is 9.55 Å². The Kier molecular flexibility index (Phi) is 2.75. The monoisotopic (exact) mass is 194 g/mol. The van der Waals surface area contributed by atoms with Gasteiger partial charge in [0.15, 0.2) is 0 Å². The van der Waals surface area contributed by atoms with Crippen LogP contribution in [0.2, 0.25) is 0 Å². The van der Waals surface area contributed by atoms with Crippen molar-refractivity contribution >= 4 is 0 Å². The lowest BCUT2D eigenvalue weighted by molar-refractivity contribution is 0.549. The molecule has 0 amide bonds. The molecule has 1 aromatic heterocycles. The first-order valence-corrected chi connectivity index (χ1v) is 5.31. The molecule has 0 saturated heterocycles. The van der Waals surface area contributed by atoms with Crippen molar-refractivity contribution in [3.8, 4) is 0 Å². The van der Waals surface area contributed by atoms with E-state index in [1.54, 1.807) is 0 Å². The van der Waals surface area contributed by atoms with Gasteiger partial charge in [-0.15, -0.1) is 0 Å². The van der Waals surface area contributed by atoms with E-state index in [2.05, 4.69) is 58.0 Å². The summed E-state index contributed by atoms with van der Waals surface area (Å²) in [6.07, 6.45) is 0. The molecular formula is C12H22N2. The SMILES string of the molecule is Cc1nc(C(C)(C)C)c(C)n1C(C)C. The average Bonchev–Trinajstić information content (AvgIpc) is 2.24. The minimum atomic E-state index is 0.148. The Labute approximate surface area is 87.4 Å². The molecule has 2 nitrogen and oxygen atoms in total. The predicted molar refractivity (Wildman–Crippen MR) is 60.8 cm³/mol. The zero-order valence-electron chi connectivity index (χ0n) is 10.5. The lowest BCUT2D eigenvalue weighted by atomic mass is 9.91. The number of aromatic nitrogens is 2. The molecule has 1 heterocycles. The van der Waals surface area contributed by atoms with Crippen LogP contribution in [0, 0.1) is 13.8 Å². The molecule has 80 valence electrons. The van der Waals surface area contributed by atoms with Crippen molar-refractivity contribution in [2.24, 2.45) is 0 Å². The fourth-order valence-electron chi connectivity index (χ4n) is 2.12. The van der Waals surface area contributed by atoms with E-state index in [1.807, 2.05) is 0 Å². The summed E-state index contributed by atoms with van der Waals surface area (Å²) >= 11 is 0. The Morgan fingerprint density at radius 2 is 1.64 bits per heavy atom. The molecule has 2 heteroatoms. The number of hydrogen-bond donors (Lipinski definition) is 0. The smallest absolute Gasteiger partial charge is 0.106 e. The van der Waals surface area contributed by atoms with E-state index in [4.69, 9.17) is 0 Å². The second-order valence-corrected chi connectivity index (χ2v) is 5.31. The largest absolute Gasteiger partial charge is 0.330 e. The molecule has 14 heavy (non-hydrogen) atoms. The highest BCUT2D eigenvalue weighted by Gasteiger charge is 2.23. The van der Waals surface area contributed by atoms with Crippen LogP contribution in [-0.4, -0.2) is 9.55 Å². The standard InChI is InChI=1S/C12H22N2/c1-8(2)14-9(3)11(12(5,6)7)13-10(14)4/h8H,1-7H3. The van der Waals surface area contributed by atoms with Crippen molar-refractivity contribution in [1.29, 1.82) is 0 Å². The zero-order chi connectivity index (χ0) is 11.1. The number of imidazole rings is 1. The van der Waals surface area contributed by atoms with Gasteiger partial charge in [-0.3, -0.25) is 0 Å². The summed E-state index contributed by atoms with van der Waals surface area (Å²) in [7, 11) is 0. The first kappa shape index (κ1) is 11.3. The van der Waals surface area contributed by atoms with Crippen LogP contribution < -0.4 is 0 Å². The van der Waals surface area contributed by atoms with E-state index in [0.717, 1.165) is 5.82 Å². The van der Waals surface area contributed by atoms with Crippen LogP contribution in [-0.2, 0) is 5.41 Å². The van der Waals surface area contributed by atoms with E-state index in [0.29, 0.717) is 6.04 Å². The number of rotatable bonds is 1. The molecule has 0 spiro atoms. The molecule has 0 aliphatic rings. The number of hydrogen-bond acceptors (Lipinski definition) is 1. The van der Waals surface area contributed by atoms with Crippen LogP contribution in [0.25, 0.3) is 0 Å². The lowest BCUT2D eigenvalue weighted by Gasteiger charge is -2.18. The van der Waals surface area contributed by atoms with Crippen LogP contribution >= 0.6 is 0 Å². The van der Waals surface area contributed by atoms with E-state index >= 15 is 0 Å². The molecule has 1 aromatic rings. The van der Waals surface area contributed by atoms with E-state index in [9.17, 15) is 0 Å². The summed E-state index contributed by atoms with van der Waals surface area (Å²) in [6, 6.07) is 0.499. The van der Waals surface area contributed by atoms with E-state index in [1.165, 1.54) is 11.4 Å². The molecule has 0 aromatic carbocycles. The molecule has 1 rings (SSSR count). The third kappa shape index (κ3) is 1.84. The fraction of sp³-hybridized carbons (Fsp3) is 0.750. The molecule has 0 atom stereocenters. The van der Waals surface area contributed by atoms with Gasteiger partial charge in [0.1, 0.15) is 5.82 Å². The molecule has 0 saturated carbocycles. The van der Waals surface area contributed by atoms with Crippen LogP contribution in [0.5, 0.6) is 0 Å². The van der Waals surface area contributed by atoms with Gasteiger partial charge in [-0.25, -0.2) is 4.98 Å². The summed E-state index contributed by atoms with van der Waals surface area (Å²) in [5.41, 5.74) is 2.68. The Bertz CT molecular complexity index is 327. The number of nitrogens with zero attached hydrogens (tertiary/aromatic N) is 2. The van der Waals surface area contributed by atoms with Gasteiger partial charge < -0.3 is 4.57 Å². The Morgan fingerprint density at radius 3 is 1.86 bits per heavy atom. The maximum absolute atomic E-state index is 4.67. The average molecular weight is 194 g/mol. The Hall–Kier alpha value is -0.790. The van der Waals surface area contributed by atoms with Gasteiger partial charge in [0.25, 0.3) is 0 Å². The van der Waals surface area contributed by atoms with Gasteiger partial charge in [-0.2, -0.15) is 0 Å². The van der Waals surface area contributed by atoms with E-state index < -0.39 is 0 Å². The summed E-state index contributed by atoms with van der Waals surface area (Å²) in [5.74, 6) is 1.13. The van der Waals surface area contributed by atoms with Crippen LogP contribution in [0.1, 0.15) is 57.9 Å². The maximum atomic E-state index is 4.67. The fourth-order valence-corrected chi connectivity index (χ4v) is 2.12. The van der Waals surface area contributed by atoms with Crippen molar-refractivity contribution in [3.63, 3.8) is 0 Å². The first-order valence-electron chi connectivity index (χ1n) is 5.31. The Morgan fingerprint density at radius 1 is 1.14 bits per heavy atom. The third-order valence-corrected chi connectivity index (χ3v) is 2.55. The molecule has 0 unspecified atom stereocenters. The van der Waals surface area contributed by atoms with Gasteiger partial charge >= 0.3 is 0 Å². The van der Waals surface area contributed by atoms with Gasteiger partial charge in [0, 0.05) is 17.2 Å². The molecule has 0 aliphatic carbocycles. The third-order valence-electron chi connectivity index (χ3n) is 2.55. The van der Waals surface area contributed by atoms with Gasteiger partial charge in [0.05, 0.1) is 5.69 Å². The second-order valence-electron chi connectivity index (χ2n) is 5.31. The van der Waals surface area contributed by atoms with Gasteiger partial charge in [-0.05, 0) is 27.7 Å². The molecule has 0 aliphatic heterocycles. The molecule has 0 fully saturated rings. The topological polar surface area (TPSA) is 17.8 Å². The molecule has 0 bridgehead atoms. The van der Waals surface area contributed by atoms with Gasteiger partial charge in [-0.1, -0.05) is 20.8 Å². The first-order chi connectivity index (χ1) is 6.25. The predicted octanol–water partition coefficient (Wildman–Crippen LogP) is 3.38. The summed E-state index contributed by atoms with van der Waals surface area (Å²) in [6.45, 7) is 15.3. The molecular weight excluding hydrogens is 172 g/mol. The normalized spacial score (nSPS) is 12.6. The van der Waals surface area contributed by atoms with Crippen molar-refractivity contribution < 1.29 is 0 Å².